The molecule has 0 atom stereocenters. The predicted octanol–water partition coefficient (Wildman–Crippen LogP) is 3.39. The summed E-state index contributed by atoms with van der Waals surface area (Å²) in [6.45, 7) is 0. The molecule has 3 saturated carbocycles. The van der Waals surface area contributed by atoms with Crippen LogP contribution in [0, 0.1) is 5.92 Å². The first kappa shape index (κ1) is 24.6. The van der Waals surface area contributed by atoms with Crippen molar-refractivity contribution in [3.8, 4) is 17.0 Å². The minimum Gasteiger partial charge on any atom is -0.494 e. The van der Waals surface area contributed by atoms with Gasteiger partial charge >= 0.3 is 0 Å². The number of methoxy groups -OCH3 is 1. The molecule has 1 aromatic carbocycles. The van der Waals surface area contributed by atoms with E-state index in [0.717, 1.165) is 44.0 Å². The van der Waals surface area contributed by atoms with Crippen LogP contribution < -0.4 is 26.5 Å². The van der Waals surface area contributed by atoms with Crippen molar-refractivity contribution in [1.82, 2.24) is 19.7 Å². The molecule has 3 aromatic rings. The smallest absolute Gasteiger partial charge is 0.254 e. The van der Waals surface area contributed by atoms with Gasteiger partial charge in [-0.15, -0.1) is 0 Å². The molecule has 11 nitrogen and oxygen atoms in total. The van der Waals surface area contributed by atoms with Crippen molar-refractivity contribution in [3.05, 3.63) is 36.0 Å². The fourth-order valence-corrected chi connectivity index (χ4v) is 8.96. The zero-order valence-corrected chi connectivity index (χ0v) is 22.2. The number of primary amides is 1. The number of ether oxygens (including phenoxy) is 1. The van der Waals surface area contributed by atoms with E-state index < -0.39 is 13.0 Å². The van der Waals surface area contributed by atoms with Gasteiger partial charge in [0, 0.05) is 36.0 Å². The third kappa shape index (κ3) is 4.45. The van der Waals surface area contributed by atoms with Crippen LogP contribution in [0.4, 0.5) is 17.5 Å². The molecular formula is C26H30N7O4P. The monoisotopic (exact) mass is 535 g/mol. The zero-order chi connectivity index (χ0) is 26.6. The average molecular weight is 536 g/mol. The Kier molecular flexibility index (Phi) is 5.98. The van der Waals surface area contributed by atoms with Crippen LogP contribution in [0.2, 0.25) is 0 Å². The number of anilines is 3. The Balaban J connectivity index is 1.35. The van der Waals surface area contributed by atoms with Gasteiger partial charge in [0.25, 0.3) is 5.91 Å². The Morgan fingerprint density at radius 3 is 2.45 bits per heavy atom. The SMILES string of the molecule is COc1c(Nc2nc(NC(=O)C3CC3)ncc2C(N)=O)cccc1-c1cc(P(=O)(C2CC2)C2CC2)n(C)n1. The minimum absolute atomic E-state index is 0.0269. The highest BCUT2D eigenvalue weighted by Gasteiger charge is 2.53. The van der Waals surface area contributed by atoms with Gasteiger partial charge in [-0.3, -0.25) is 19.6 Å². The lowest BCUT2D eigenvalue weighted by molar-refractivity contribution is -0.117. The van der Waals surface area contributed by atoms with Gasteiger partial charge in [0.2, 0.25) is 11.9 Å². The molecular weight excluding hydrogens is 505 g/mol. The Hall–Kier alpha value is -3.72. The summed E-state index contributed by atoms with van der Waals surface area (Å²) in [4.78, 5) is 32.7. The largest absolute Gasteiger partial charge is 0.494 e. The molecule has 3 aliphatic rings. The summed E-state index contributed by atoms with van der Waals surface area (Å²) in [5, 5.41) is 10.6. The molecule has 12 heteroatoms. The van der Waals surface area contributed by atoms with Crippen LogP contribution in [0.25, 0.3) is 11.3 Å². The third-order valence-electron chi connectivity index (χ3n) is 7.38. The number of nitrogens with one attached hydrogen (secondary N) is 2. The second-order valence-corrected chi connectivity index (χ2v) is 13.6. The van der Waals surface area contributed by atoms with Gasteiger partial charge in [0.05, 0.1) is 23.9 Å². The molecule has 0 bridgehead atoms. The van der Waals surface area contributed by atoms with Gasteiger partial charge in [-0.1, -0.05) is 6.07 Å². The molecule has 0 aliphatic heterocycles. The van der Waals surface area contributed by atoms with E-state index in [1.54, 1.807) is 17.9 Å². The number of carbonyl (C=O) groups excluding carboxylic acids is 2. The Morgan fingerprint density at radius 2 is 1.84 bits per heavy atom. The number of aromatic nitrogens is 4. The first-order valence-corrected chi connectivity index (χ1v) is 14.7. The van der Waals surface area contributed by atoms with Crippen LogP contribution in [-0.4, -0.2) is 50.0 Å². The van der Waals surface area contributed by atoms with Crippen molar-refractivity contribution < 1.29 is 18.9 Å². The molecule has 2 heterocycles. The van der Waals surface area contributed by atoms with Crippen molar-refractivity contribution >= 4 is 41.8 Å². The van der Waals surface area contributed by atoms with E-state index in [1.807, 2.05) is 25.2 Å². The summed E-state index contributed by atoms with van der Waals surface area (Å²) < 4.78 is 21.7. The summed E-state index contributed by atoms with van der Waals surface area (Å²) in [6.07, 6.45) is 7.03. The van der Waals surface area contributed by atoms with Crippen LogP contribution in [0.1, 0.15) is 48.9 Å². The van der Waals surface area contributed by atoms with E-state index in [2.05, 4.69) is 20.6 Å². The van der Waals surface area contributed by atoms with Gasteiger partial charge in [-0.25, -0.2) is 4.98 Å². The molecule has 2 aromatic heterocycles. The van der Waals surface area contributed by atoms with Crippen LogP contribution >= 0.6 is 7.14 Å². The van der Waals surface area contributed by atoms with Gasteiger partial charge in [0.1, 0.15) is 18.5 Å². The fourth-order valence-electron chi connectivity index (χ4n) is 4.96. The number of nitrogens with two attached hydrogens (primary N) is 1. The molecule has 38 heavy (non-hydrogen) atoms. The average Bonchev–Trinajstić information content (AvgIpc) is 3.76. The standard InChI is InChI=1S/C26H30N7O4P/c1-33-21(38(36,15-8-9-15)16-10-11-16)12-20(32-33)17-4-3-5-19(22(17)37-2)29-24-18(23(27)34)13-28-26(30-24)31-25(35)14-6-7-14/h3-5,12-16H,6-11H2,1-2H3,(H2,27,34)(H2,28,29,30,31,35). The van der Waals surface area contributed by atoms with Crippen LogP contribution in [0.3, 0.4) is 0 Å². The van der Waals surface area contributed by atoms with Crippen molar-refractivity contribution in [2.75, 3.05) is 17.7 Å². The first-order valence-electron chi connectivity index (χ1n) is 12.9. The normalized spacial score (nSPS) is 17.2. The molecule has 4 N–H and O–H groups in total. The quantitative estimate of drug-likeness (QED) is 0.334. The molecule has 0 saturated heterocycles. The van der Waals surface area contributed by atoms with Crippen molar-refractivity contribution in [2.24, 2.45) is 18.7 Å². The van der Waals surface area contributed by atoms with E-state index in [1.165, 1.54) is 6.20 Å². The second-order valence-electron chi connectivity index (χ2n) is 10.3. The van der Waals surface area contributed by atoms with Crippen LogP contribution in [-0.2, 0) is 16.4 Å². The molecule has 3 fully saturated rings. The lowest BCUT2D eigenvalue weighted by Gasteiger charge is -2.17. The molecule has 0 unspecified atom stereocenters. The lowest BCUT2D eigenvalue weighted by Crippen LogP contribution is -2.20. The molecule has 0 spiro atoms. The number of aryl methyl sites for hydroxylation is 1. The number of amides is 2. The topological polar surface area (TPSA) is 154 Å². The van der Waals surface area contributed by atoms with Gasteiger partial charge in [-0.05, 0) is 56.7 Å². The number of hydrogen-bond donors (Lipinski definition) is 3. The highest BCUT2D eigenvalue weighted by Crippen LogP contribution is 2.69. The molecule has 198 valence electrons. The highest BCUT2D eigenvalue weighted by atomic mass is 31.2. The Bertz CT molecular complexity index is 1470. The highest BCUT2D eigenvalue weighted by molar-refractivity contribution is 7.73. The maximum atomic E-state index is 14.1. The van der Waals surface area contributed by atoms with Crippen molar-refractivity contribution in [3.63, 3.8) is 0 Å². The fraction of sp³-hybridized carbons (Fsp3) is 0.423. The van der Waals surface area contributed by atoms with E-state index in [-0.39, 0.29) is 40.5 Å². The van der Waals surface area contributed by atoms with Gasteiger partial charge in [-0.2, -0.15) is 10.1 Å². The van der Waals surface area contributed by atoms with E-state index in [4.69, 9.17) is 15.6 Å². The van der Waals surface area contributed by atoms with Crippen molar-refractivity contribution in [2.45, 2.75) is 49.8 Å². The lowest BCUT2D eigenvalue weighted by atomic mass is 10.1. The summed E-state index contributed by atoms with van der Waals surface area (Å²) in [7, 11) is 0.877. The van der Waals surface area contributed by atoms with E-state index >= 15 is 0 Å². The van der Waals surface area contributed by atoms with Gasteiger partial charge < -0.3 is 20.4 Å². The maximum absolute atomic E-state index is 14.1. The molecule has 6 rings (SSSR count). The number of benzene rings is 1. The maximum Gasteiger partial charge on any atom is 0.254 e. The summed E-state index contributed by atoms with van der Waals surface area (Å²) >= 11 is 0. The first-order chi connectivity index (χ1) is 18.3. The number of carbonyl (C=O) groups is 2. The third-order valence-corrected chi connectivity index (χ3v) is 11.7. The van der Waals surface area contributed by atoms with Crippen LogP contribution in [0.15, 0.2) is 30.5 Å². The Morgan fingerprint density at radius 1 is 1.13 bits per heavy atom. The summed E-state index contributed by atoms with van der Waals surface area (Å²) in [6, 6.07) is 7.42. The molecule has 2 amide bonds. The van der Waals surface area contributed by atoms with Gasteiger partial charge in [0.15, 0.2) is 5.75 Å². The molecule has 0 radical (unpaired) electrons. The number of rotatable bonds is 10. The van der Waals surface area contributed by atoms with Crippen molar-refractivity contribution in [1.29, 1.82) is 0 Å². The number of nitrogens with zero attached hydrogens (tertiary/aromatic N) is 4. The summed E-state index contributed by atoms with van der Waals surface area (Å²) in [5.41, 5.74) is 8.87. The second kappa shape index (κ2) is 9.23. The zero-order valence-electron chi connectivity index (χ0n) is 21.3. The van der Waals surface area contributed by atoms with E-state index in [0.29, 0.717) is 22.7 Å². The number of para-hydroxylation sites is 1. The minimum atomic E-state index is -2.52. The molecule has 3 aliphatic carbocycles. The Labute approximate surface area is 219 Å². The summed E-state index contributed by atoms with van der Waals surface area (Å²) in [5.74, 6) is -0.197. The van der Waals surface area contributed by atoms with Crippen LogP contribution in [0.5, 0.6) is 5.75 Å². The predicted molar refractivity (Wildman–Crippen MR) is 144 cm³/mol. The van der Waals surface area contributed by atoms with E-state index in [9.17, 15) is 14.2 Å². The number of hydrogen-bond acceptors (Lipinski definition) is 8.